The highest BCUT2D eigenvalue weighted by molar-refractivity contribution is 5.95. The maximum Gasteiger partial charge on any atom is 0.121 e. The van der Waals surface area contributed by atoms with E-state index < -0.39 is 0 Å². The summed E-state index contributed by atoms with van der Waals surface area (Å²) >= 11 is 0. The lowest BCUT2D eigenvalue weighted by atomic mass is 9.92. The van der Waals surface area contributed by atoms with Crippen molar-refractivity contribution in [2.75, 3.05) is 33.3 Å². The molecule has 0 saturated heterocycles. The fourth-order valence-electron chi connectivity index (χ4n) is 4.08. The van der Waals surface area contributed by atoms with E-state index in [9.17, 15) is 5.26 Å². The summed E-state index contributed by atoms with van der Waals surface area (Å²) in [6.07, 6.45) is 9.97. The first-order chi connectivity index (χ1) is 15.5. The van der Waals surface area contributed by atoms with Gasteiger partial charge >= 0.3 is 0 Å². The SMILES string of the molecule is C/C=C(\C=C/CNC(C)C)c1c(C#N)c2ccc(OCCN(C)CC)cc2n1C1CCC1. The number of nitrogens with zero attached hydrogens (tertiary/aromatic N) is 3. The number of hydrogen-bond donors (Lipinski definition) is 1. The van der Waals surface area contributed by atoms with E-state index in [4.69, 9.17) is 4.74 Å². The molecule has 0 bridgehead atoms. The molecule has 0 radical (unpaired) electrons. The first-order valence-electron chi connectivity index (χ1n) is 12.0. The highest BCUT2D eigenvalue weighted by Gasteiger charge is 2.28. The summed E-state index contributed by atoms with van der Waals surface area (Å²) < 4.78 is 8.47. The molecule has 0 amide bonds. The molecule has 0 spiro atoms. The minimum absolute atomic E-state index is 0.438. The van der Waals surface area contributed by atoms with Gasteiger partial charge in [0.1, 0.15) is 18.4 Å². The van der Waals surface area contributed by atoms with Crippen LogP contribution in [0.3, 0.4) is 0 Å². The van der Waals surface area contributed by atoms with Gasteiger partial charge in [0.25, 0.3) is 0 Å². The molecule has 1 heterocycles. The lowest BCUT2D eigenvalue weighted by molar-refractivity contribution is 0.244. The zero-order valence-corrected chi connectivity index (χ0v) is 20.3. The summed E-state index contributed by atoms with van der Waals surface area (Å²) in [4.78, 5) is 2.24. The van der Waals surface area contributed by atoms with Gasteiger partial charge in [-0.3, -0.25) is 0 Å². The Kier molecular flexibility index (Phi) is 8.55. The summed E-state index contributed by atoms with van der Waals surface area (Å²) in [6.45, 7) is 11.9. The quantitative estimate of drug-likeness (QED) is 0.473. The highest BCUT2D eigenvalue weighted by Crippen LogP contribution is 2.42. The molecule has 32 heavy (non-hydrogen) atoms. The molecule has 172 valence electrons. The van der Waals surface area contributed by atoms with Gasteiger partial charge in [-0.25, -0.2) is 0 Å². The lowest BCUT2D eigenvalue weighted by Gasteiger charge is -2.30. The smallest absolute Gasteiger partial charge is 0.121 e. The van der Waals surface area contributed by atoms with Gasteiger partial charge in [0.2, 0.25) is 0 Å². The molecule has 1 aliphatic carbocycles. The van der Waals surface area contributed by atoms with Crippen LogP contribution in [-0.2, 0) is 0 Å². The number of rotatable bonds is 11. The van der Waals surface area contributed by atoms with Crippen LogP contribution in [0.15, 0.2) is 36.4 Å². The molecule has 1 aromatic carbocycles. The number of aromatic nitrogens is 1. The summed E-state index contributed by atoms with van der Waals surface area (Å²) in [5.41, 5.74) is 4.01. The number of likely N-dealkylation sites (N-methyl/N-ethyl adjacent to an activating group) is 1. The average Bonchev–Trinajstić information content (AvgIpc) is 3.05. The monoisotopic (exact) mass is 434 g/mol. The van der Waals surface area contributed by atoms with Gasteiger partial charge in [0.05, 0.1) is 16.8 Å². The second-order valence-electron chi connectivity index (χ2n) is 8.92. The van der Waals surface area contributed by atoms with Crippen LogP contribution in [0.1, 0.15) is 64.3 Å². The molecule has 1 aliphatic rings. The number of nitriles is 1. The normalized spacial score (nSPS) is 15.1. The Morgan fingerprint density at radius 3 is 2.75 bits per heavy atom. The van der Waals surface area contributed by atoms with Crippen molar-refractivity contribution >= 4 is 16.5 Å². The van der Waals surface area contributed by atoms with Crippen molar-refractivity contribution in [3.8, 4) is 11.8 Å². The fraction of sp³-hybridized carbons (Fsp3) is 0.519. The van der Waals surface area contributed by atoms with Gasteiger partial charge in [-0.15, -0.1) is 0 Å². The zero-order valence-electron chi connectivity index (χ0n) is 20.3. The van der Waals surface area contributed by atoms with Gasteiger partial charge in [-0.1, -0.05) is 39.0 Å². The van der Waals surface area contributed by atoms with Crippen LogP contribution in [0.25, 0.3) is 16.5 Å². The Bertz CT molecular complexity index is 1000. The van der Waals surface area contributed by atoms with Crippen molar-refractivity contribution < 1.29 is 4.74 Å². The largest absolute Gasteiger partial charge is 0.492 e. The number of nitrogens with one attached hydrogen (secondary N) is 1. The highest BCUT2D eigenvalue weighted by atomic mass is 16.5. The van der Waals surface area contributed by atoms with Gasteiger partial charge < -0.3 is 19.5 Å². The van der Waals surface area contributed by atoms with Crippen molar-refractivity contribution in [2.24, 2.45) is 0 Å². The third-order valence-electron chi connectivity index (χ3n) is 6.33. The Labute approximate surface area is 193 Å². The molecule has 1 N–H and O–H groups in total. The summed E-state index contributed by atoms with van der Waals surface area (Å²) in [7, 11) is 2.10. The molecule has 1 fully saturated rings. The molecule has 5 heteroatoms. The number of benzene rings is 1. The van der Waals surface area contributed by atoms with Crippen LogP contribution in [0, 0.1) is 11.3 Å². The van der Waals surface area contributed by atoms with Crippen molar-refractivity contribution in [2.45, 2.75) is 59.0 Å². The van der Waals surface area contributed by atoms with E-state index in [0.717, 1.165) is 66.0 Å². The van der Waals surface area contributed by atoms with E-state index in [1.54, 1.807) is 0 Å². The van der Waals surface area contributed by atoms with Crippen LogP contribution in [-0.4, -0.2) is 48.8 Å². The molecule has 0 unspecified atom stereocenters. The zero-order chi connectivity index (χ0) is 23.1. The van der Waals surface area contributed by atoms with E-state index in [-0.39, 0.29) is 0 Å². The molecule has 0 aliphatic heterocycles. The van der Waals surface area contributed by atoms with E-state index in [2.05, 4.69) is 86.0 Å². The van der Waals surface area contributed by atoms with Gasteiger partial charge in [-0.2, -0.15) is 5.26 Å². The average molecular weight is 435 g/mol. The van der Waals surface area contributed by atoms with Crippen molar-refractivity contribution in [3.05, 3.63) is 47.7 Å². The summed E-state index contributed by atoms with van der Waals surface area (Å²) in [6, 6.07) is 9.58. The van der Waals surface area contributed by atoms with E-state index in [1.165, 1.54) is 6.42 Å². The molecular formula is C27H38N4O. The van der Waals surface area contributed by atoms with Crippen molar-refractivity contribution in [3.63, 3.8) is 0 Å². The standard InChI is InChI=1S/C27H38N4O/c1-6-21(10-9-15-29-20(3)4)27-25(19-28)24-14-13-23(32-17-16-30(5)7-2)18-26(24)31(27)22-11-8-12-22/h6,9-10,13-14,18,20,22,29H,7-8,11-12,15-17H2,1-5H3/b10-9-,21-6+. The minimum Gasteiger partial charge on any atom is -0.492 e. The second-order valence-corrected chi connectivity index (χ2v) is 8.92. The Hall–Kier alpha value is -2.55. The molecular weight excluding hydrogens is 396 g/mol. The van der Waals surface area contributed by atoms with Gasteiger partial charge in [0, 0.05) is 36.6 Å². The predicted molar refractivity (Wildman–Crippen MR) is 134 cm³/mol. The summed E-state index contributed by atoms with van der Waals surface area (Å²) in [5, 5.41) is 14.6. The predicted octanol–water partition coefficient (Wildman–Crippen LogP) is 5.53. The molecule has 0 atom stereocenters. The Morgan fingerprint density at radius 1 is 1.38 bits per heavy atom. The Balaban J connectivity index is 2.00. The third-order valence-corrected chi connectivity index (χ3v) is 6.33. The molecule has 1 aromatic heterocycles. The van der Waals surface area contributed by atoms with Crippen LogP contribution in [0.4, 0.5) is 0 Å². The number of hydrogen-bond acceptors (Lipinski definition) is 4. The molecule has 5 nitrogen and oxygen atoms in total. The fourth-order valence-corrected chi connectivity index (χ4v) is 4.08. The molecule has 1 saturated carbocycles. The maximum atomic E-state index is 10.1. The Morgan fingerprint density at radius 2 is 2.16 bits per heavy atom. The van der Waals surface area contributed by atoms with Gasteiger partial charge in [0.15, 0.2) is 0 Å². The van der Waals surface area contributed by atoms with Crippen LogP contribution < -0.4 is 10.1 Å². The summed E-state index contributed by atoms with van der Waals surface area (Å²) in [5.74, 6) is 0.870. The van der Waals surface area contributed by atoms with Crippen LogP contribution in [0.5, 0.6) is 5.75 Å². The van der Waals surface area contributed by atoms with Crippen molar-refractivity contribution in [1.29, 1.82) is 5.26 Å². The number of ether oxygens (including phenoxy) is 1. The second kappa shape index (κ2) is 11.4. The molecule has 2 aromatic rings. The first-order valence-corrected chi connectivity index (χ1v) is 12.0. The van der Waals surface area contributed by atoms with Gasteiger partial charge in [-0.05, 0) is 57.5 Å². The molecule has 3 rings (SSSR count). The third kappa shape index (κ3) is 5.43. The maximum absolute atomic E-state index is 10.1. The first kappa shape index (κ1) is 24.1. The minimum atomic E-state index is 0.438. The van der Waals surface area contributed by atoms with E-state index in [0.29, 0.717) is 18.7 Å². The lowest BCUT2D eigenvalue weighted by Crippen LogP contribution is -2.23. The number of fused-ring (bicyclic) bond motifs is 1. The van der Waals surface area contributed by atoms with Crippen LogP contribution >= 0.6 is 0 Å². The van der Waals surface area contributed by atoms with E-state index in [1.807, 2.05) is 6.07 Å². The van der Waals surface area contributed by atoms with Crippen LogP contribution in [0.2, 0.25) is 0 Å². The topological polar surface area (TPSA) is 53.2 Å². The van der Waals surface area contributed by atoms with E-state index >= 15 is 0 Å². The number of allylic oxidation sites excluding steroid dienone is 3. The van der Waals surface area contributed by atoms with Crippen molar-refractivity contribution in [1.82, 2.24) is 14.8 Å².